The van der Waals surface area contributed by atoms with E-state index in [9.17, 15) is 13.6 Å². The maximum atomic E-state index is 13.6. The lowest BCUT2D eigenvalue weighted by Crippen LogP contribution is -2.39. The second-order valence-corrected chi connectivity index (χ2v) is 7.81. The highest BCUT2D eigenvalue weighted by Gasteiger charge is 2.25. The van der Waals surface area contributed by atoms with Crippen molar-refractivity contribution in [2.24, 2.45) is 0 Å². The zero-order chi connectivity index (χ0) is 19.6. The molecule has 2 heterocycles. The van der Waals surface area contributed by atoms with Crippen LogP contribution in [0.2, 0.25) is 0 Å². The number of hydrogen-bond acceptors (Lipinski definition) is 6. The van der Waals surface area contributed by atoms with E-state index in [2.05, 4.69) is 15.3 Å². The van der Waals surface area contributed by atoms with E-state index < -0.39 is 11.9 Å². The third-order valence-corrected chi connectivity index (χ3v) is 5.57. The summed E-state index contributed by atoms with van der Waals surface area (Å²) in [6, 6.07) is 2.47. The molecular weight excluding hydrogens is 374 g/mol. The zero-order valence-corrected chi connectivity index (χ0v) is 16.3. The van der Waals surface area contributed by atoms with Gasteiger partial charge in [-0.05, 0) is 33.1 Å². The number of methoxy groups -OCH3 is 1. The number of aryl methyl sites for hydroxylation is 1. The summed E-state index contributed by atoms with van der Waals surface area (Å²) < 4.78 is 32.6. The van der Waals surface area contributed by atoms with Crippen molar-refractivity contribution in [1.29, 1.82) is 0 Å². The standard InChI is InChI=1S/C18H22F2N4O2S/c1-10(26-3)9-24(13-7-14(19)22-15(20)8-13)18-23-16(11(2)27-18)17(25)21-12-5-4-6-12/h7-8,10,12H,4-6,9H2,1-3H3,(H,21,25). The van der Waals surface area contributed by atoms with Crippen molar-refractivity contribution in [2.45, 2.75) is 45.3 Å². The summed E-state index contributed by atoms with van der Waals surface area (Å²) in [5, 5.41) is 3.44. The van der Waals surface area contributed by atoms with E-state index >= 15 is 0 Å². The summed E-state index contributed by atoms with van der Waals surface area (Å²) in [6.45, 7) is 3.96. The number of amides is 1. The van der Waals surface area contributed by atoms with Gasteiger partial charge in [0, 0.05) is 30.2 Å². The monoisotopic (exact) mass is 396 g/mol. The summed E-state index contributed by atoms with van der Waals surface area (Å²) >= 11 is 1.30. The number of thiazole rings is 1. The molecule has 2 aromatic heterocycles. The molecule has 1 aliphatic rings. The van der Waals surface area contributed by atoms with Crippen LogP contribution in [0.25, 0.3) is 0 Å². The number of anilines is 2. The normalized spacial score (nSPS) is 15.3. The van der Waals surface area contributed by atoms with Gasteiger partial charge in [-0.1, -0.05) is 0 Å². The van der Waals surface area contributed by atoms with Crippen molar-refractivity contribution < 1.29 is 18.3 Å². The Labute approximate surface area is 160 Å². The zero-order valence-electron chi connectivity index (χ0n) is 15.5. The predicted octanol–water partition coefficient (Wildman–Crippen LogP) is 3.58. The predicted molar refractivity (Wildman–Crippen MR) is 99.6 cm³/mol. The fourth-order valence-electron chi connectivity index (χ4n) is 2.75. The van der Waals surface area contributed by atoms with Gasteiger partial charge in [0.05, 0.1) is 18.3 Å². The number of ether oxygens (including phenoxy) is 1. The molecule has 146 valence electrons. The average Bonchev–Trinajstić information content (AvgIpc) is 2.96. The maximum Gasteiger partial charge on any atom is 0.271 e. The van der Waals surface area contributed by atoms with Gasteiger partial charge in [0.25, 0.3) is 5.91 Å². The Kier molecular flexibility index (Phi) is 6.01. The number of aromatic nitrogens is 2. The van der Waals surface area contributed by atoms with Crippen LogP contribution in [0.4, 0.5) is 19.6 Å². The van der Waals surface area contributed by atoms with Crippen LogP contribution >= 0.6 is 11.3 Å². The maximum absolute atomic E-state index is 13.6. The smallest absolute Gasteiger partial charge is 0.271 e. The van der Waals surface area contributed by atoms with E-state index in [0.717, 1.165) is 36.3 Å². The van der Waals surface area contributed by atoms with Gasteiger partial charge in [0.2, 0.25) is 11.9 Å². The molecule has 2 aromatic rings. The first-order valence-corrected chi connectivity index (χ1v) is 9.60. The van der Waals surface area contributed by atoms with E-state index in [1.807, 2.05) is 13.8 Å². The fraction of sp³-hybridized carbons (Fsp3) is 0.500. The van der Waals surface area contributed by atoms with Crippen LogP contribution in [-0.4, -0.2) is 41.7 Å². The number of pyridine rings is 1. The highest BCUT2D eigenvalue weighted by Crippen LogP contribution is 2.32. The third kappa shape index (κ3) is 4.59. The van der Waals surface area contributed by atoms with Crippen LogP contribution in [0.5, 0.6) is 0 Å². The number of carbonyl (C=O) groups excluding carboxylic acids is 1. The largest absolute Gasteiger partial charge is 0.380 e. The number of carbonyl (C=O) groups is 1. The van der Waals surface area contributed by atoms with Crippen molar-refractivity contribution in [3.05, 3.63) is 34.6 Å². The van der Waals surface area contributed by atoms with Crippen molar-refractivity contribution in [1.82, 2.24) is 15.3 Å². The van der Waals surface area contributed by atoms with Gasteiger partial charge < -0.3 is 15.0 Å². The molecule has 6 nitrogen and oxygen atoms in total. The first-order valence-electron chi connectivity index (χ1n) is 8.79. The molecule has 9 heteroatoms. The fourth-order valence-corrected chi connectivity index (χ4v) is 3.68. The Morgan fingerprint density at radius 2 is 2.04 bits per heavy atom. The molecule has 0 bridgehead atoms. The van der Waals surface area contributed by atoms with Crippen LogP contribution < -0.4 is 10.2 Å². The third-order valence-electron chi connectivity index (χ3n) is 4.57. The molecule has 0 aliphatic heterocycles. The number of hydrogen-bond donors (Lipinski definition) is 1. The van der Waals surface area contributed by atoms with Crippen molar-refractivity contribution in [3.63, 3.8) is 0 Å². The number of nitrogens with zero attached hydrogens (tertiary/aromatic N) is 3. The topological polar surface area (TPSA) is 67.3 Å². The van der Waals surface area contributed by atoms with Crippen molar-refractivity contribution >= 4 is 28.1 Å². The molecule has 0 spiro atoms. The van der Waals surface area contributed by atoms with Crippen LogP contribution in [0.1, 0.15) is 41.6 Å². The molecule has 1 unspecified atom stereocenters. The Bertz CT molecular complexity index is 805. The molecule has 1 fully saturated rings. The van der Waals surface area contributed by atoms with Gasteiger partial charge in [0.1, 0.15) is 5.69 Å². The van der Waals surface area contributed by atoms with Crippen LogP contribution in [-0.2, 0) is 4.74 Å². The van der Waals surface area contributed by atoms with Gasteiger partial charge in [-0.15, -0.1) is 11.3 Å². The van der Waals surface area contributed by atoms with Crippen molar-refractivity contribution in [3.8, 4) is 0 Å². The number of halogens is 2. The SMILES string of the molecule is COC(C)CN(c1cc(F)nc(F)c1)c1nc(C(=O)NC2CCC2)c(C)s1. The molecule has 1 atom stereocenters. The molecule has 0 radical (unpaired) electrons. The molecule has 0 saturated heterocycles. The van der Waals surface area contributed by atoms with E-state index in [0.29, 0.717) is 17.4 Å². The summed E-state index contributed by atoms with van der Waals surface area (Å²) in [5.41, 5.74) is 0.607. The molecule has 27 heavy (non-hydrogen) atoms. The number of nitrogens with one attached hydrogen (secondary N) is 1. The molecule has 1 N–H and O–H groups in total. The molecule has 3 rings (SSSR count). The van der Waals surface area contributed by atoms with E-state index in [4.69, 9.17) is 4.74 Å². The Hall–Kier alpha value is -2.13. The lowest BCUT2D eigenvalue weighted by molar-refractivity contribution is 0.0912. The van der Waals surface area contributed by atoms with Gasteiger partial charge in [-0.2, -0.15) is 13.8 Å². The van der Waals surface area contributed by atoms with Gasteiger partial charge in [0.15, 0.2) is 5.13 Å². The minimum absolute atomic E-state index is 0.204. The lowest BCUT2D eigenvalue weighted by atomic mass is 9.93. The highest BCUT2D eigenvalue weighted by atomic mass is 32.1. The molecule has 1 saturated carbocycles. The van der Waals surface area contributed by atoms with Gasteiger partial charge >= 0.3 is 0 Å². The minimum atomic E-state index is -0.920. The molecule has 1 aliphatic carbocycles. The van der Waals surface area contributed by atoms with Crippen LogP contribution in [0.3, 0.4) is 0 Å². The van der Waals surface area contributed by atoms with E-state index in [1.54, 1.807) is 12.0 Å². The second-order valence-electron chi connectivity index (χ2n) is 6.63. The molecule has 1 amide bonds. The first-order chi connectivity index (χ1) is 12.9. The van der Waals surface area contributed by atoms with Crippen LogP contribution in [0, 0.1) is 18.8 Å². The van der Waals surface area contributed by atoms with Crippen LogP contribution in [0.15, 0.2) is 12.1 Å². The quantitative estimate of drug-likeness (QED) is 0.725. The molecule has 0 aromatic carbocycles. The highest BCUT2D eigenvalue weighted by molar-refractivity contribution is 7.15. The Morgan fingerprint density at radius 3 is 2.59 bits per heavy atom. The second kappa shape index (κ2) is 8.26. The summed E-state index contributed by atoms with van der Waals surface area (Å²) in [7, 11) is 1.56. The van der Waals surface area contributed by atoms with E-state index in [1.165, 1.54) is 11.3 Å². The summed E-state index contributed by atoms with van der Waals surface area (Å²) in [5.74, 6) is -2.06. The first kappa shape index (κ1) is 19.6. The number of rotatable bonds is 7. The Morgan fingerprint density at radius 1 is 1.37 bits per heavy atom. The minimum Gasteiger partial charge on any atom is -0.380 e. The van der Waals surface area contributed by atoms with E-state index in [-0.39, 0.29) is 23.7 Å². The average molecular weight is 396 g/mol. The Balaban J connectivity index is 1.91. The van der Waals surface area contributed by atoms with Gasteiger partial charge in [-0.3, -0.25) is 4.79 Å². The van der Waals surface area contributed by atoms with Crippen molar-refractivity contribution in [2.75, 3.05) is 18.6 Å². The lowest BCUT2D eigenvalue weighted by Gasteiger charge is -2.26. The summed E-state index contributed by atoms with van der Waals surface area (Å²) in [4.78, 5) is 22.5. The molecular formula is C18H22F2N4O2S. The van der Waals surface area contributed by atoms with Gasteiger partial charge in [-0.25, -0.2) is 4.98 Å². The summed E-state index contributed by atoms with van der Waals surface area (Å²) in [6.07, 6.45) is 2.86.